The van der Waals surface area contributed by atoms with Crippen LogP contribution in [0.5, 0.6) is 0 Å². The van der Waals surface area contributed by atoms with E-state index in [2.05, 4.69) is 103 Å². The molecular formula is C35H22N2O. The highest BCUT2D eigenvalue weighted by molar-refractivity contribution is 6.23. The van der Waals surface area contributed by atoms with Crippen LogP contribution >= 0.6 is 0 Å². The highest BCUT2D eigenvalue weighted by atomic mass is 16.3. The molecule has 178 valence electrons. The molecule has 0 amide bonds. The molecule has 2 heterocycles. The maximum absolute atomic E-state index is 6.33. The van der Waals surface area contributed by atoms with Crippen molar-refractivity contribution < 1.29 is 4.42 Å². The van der Waals surface area contributed by atoms with Crippen molar-refractivity contribution in [3.63, 3.8) is 0 Å². The fraction of sp³-hybridized carbons (Fsp3) is 0.0286. The largest absolute Gasteiger partial charge is 0.455 e. The van der Waals surface area contributed by atoms with Gasteiger partial charge in [-0.1, -0.05) is 90.5 Å². The van der Waals surface area contributed by atoms with Crippen molar-refractivity contribution in [2.24, 2.45) is 0 Å². The highest BCUT2D eigenvalue weighted by Crippen LogP contribution is 2.39. The molecule has 0 fully saturated rings. The summed E-state index contributed by atoms with van der Waals surface area (Å²) < 4.78 is 6.33. The van der Waals surface area contributed by atoms with Crippen LogP contribution in [0.2, 0.25) is 0 Å². The van der Waals surface area contributed by atoms with Crippen LogP contribution in [-0.2, 0) is 0 Å². The van der Waals surface area contributed by atoms with Gasteiger partial charge in [0, 0.05) is 39.5 Å². The molecule has 0 saturated heterocycles. The van der Waals surface area contributed by atoms with E-state index in [1.807, 2.05) is 12.1 Å². The average Bonchev–Trinajstić information content (AvgIpc) is 3.36. The number of rotatable bonds is 2. The van der Waals surface area contributed by atoms with Gasteiger partial charge in [-0.2, -0.15) is 0 Å². The van der Waals surface area contributed by atoms with Gasteiger partial charge in [-0.25, -0.2) is 0 Å². The first-order valence-corrected chi connectivity index (χ1v) is 12.8. The first kappa shape index (κ1) is 21.1. The van der Waals surface area contributed by atoms with Crippen LogP contribution in [0, 0.1) is 6.92 Å². The Hall–Kier alpha value is -5.02. The first-order valence-electron chi connectivity index (χ1n) is 12.8. The van der Waals surface area contributed by atoms with E-state index in [1.165, 1.54) is 21.9 Å². The molecule has 0 radical (unpaired) electrons. The summed E-state index contributed by atoms with van der Waals surface area (Å²) in [5, 5.41) is 6.94. The van der Waals surface area contributed by atoms with E-state index in [9.17, 15) is 0 Å². The Labute approximate surface area is 219 Å². The predicted molar refractivity (Wildman–Crippen MR) is 157 cm³/mol. The van der Waals surface area contributed by atoms with E-state index >= 15 is 0 Å². The zero-order chi connectivity index (χ0) is 25.2. The highest BCUT2D eigenvalue weighted by Gasteiger charge is 2.14. The van der Waals surface area contributed by atoms with Crippen molar-refractivity contribution in [1.82, 2.24) is 9.97 Å². The molecule has 0 aliphatic carbocycles. The molecule has 3 nitrogen and oxygen atoms in total. The van der Waals surface area contributed by atoms with Crippen LogP contribution in [0.1, 0.15) is 5.56 Å². The topological polar surface area (TPSA) is 38.9 Å². The summed E-state index contributed by atoms with van der Waals surface area (Å²) in [4.78, 5) is 9.40. The molecule has 0 bridgehead atoms. The summed E-state index contributed by atoms with van der Waals surface area (Å²) in [6.45, 7) is 2.14. The van der Waals surface area contributed by atoms with Crippen molar-refractivity contribution in [3.8, 4) is 22.3 Å². The zero-order valence-electron chi connectivity index (χ0n) is 20.8. The molecule has 8 rings (SSSR count). The molecule has 0 aliphatic heterocycles. The lowest BCUT2D eigenvalue weighted by Crippen LogP contribution is -1.90. The van der Waals surface area contributed by atoms with E-state index in [4.69, 9.17) is 9.40 Å². The fourth-order valence-corrected chi connectivity index (χ4v) is 5.81. The van der Waals surface area contributed by atoms with Crippen LogP contribution < -0.4 is 0 Å². The van der Waals surface area contributed by atoms with Gasteiger partial charge in [0.05, 0.1) is 11.0 Å². The molecule has 38 heavy (non-hydrogen) atoms. The predicted octanol–water partition coefficient (Wildman–Crippen LogP) is 9.48. The van der Waals surface area contributed by atoms with Gasteiger partial charge in [0.15, 0.2) is 0 Å². The minimum absolute atomic E-state index is 0.915. The van der Waals surface area contributed by atoms with Gasteiger partial charge < -0.3 is 4.42 Å². The third kappa shape index (κ3) is 3.09. The van der Waals surface area contributed by atoms with E-state index < -0.39 is 0 Å². The van der Waals surface area contributed by atoms with Crippen molar-refractivity contribution in [2.45, 2.75) is 6.92 Å². The number of aryl methyl sites for hydroxylation is 1. The minimum atomic E-state index is 0.915. The Morgan fingerprint density at radius 2 is 1.18 bits per heavy atom. The van der Waals surface area contributed by atoms with Crippen molar-refractivity contribution >= 4 is 54.5 Å². The maximum atomic E-state index is 6.33. The Bertz CT molecular complexity index is 2210. The Morgan fingerprint density at radius 3 is 2.05 bits per heavy atom. The third-order valence-corrected chi connectivity index (χ3v) is 7.60. The number of benzene rings is 6. The SMILES string of the molecule is Cc1ccc2c(c1)c1cc(-c3cccc(-c4cccc5c4oc4ccccc45)c3)ccc1c1nccnc21. The second kappa shape index (κ2) is 7.99. The van der Waals surface area contributed by atoms with Gasteiger partial charge in [0.25, 0.3) is 0 Å². The van der Waals surface area contributed by atoms with Crippen molar-refractivity contribution in [2.75, 3.05) is 0 Å². The zero-order valence-corrected chi connectivity index (χ0v) is 20.8. The average molecular weight is 487 g/mol. The van der Waals surface area contributed by atoms with Gasteiger partial charge in [0.2, 0.25) is 0 Å². The summed E-state index contributed by atoms with van der Waals surface area (Å²) in [6.07, 6.45) is 3.55. The second-order valence-corrected chi connectivity index (χ2v) is 9.92. The van der Waals surface area contributed by atoms with Gasteiger partial charge in [-0.3, -0.25) is 9.97 Å². The molecule has 0 saturated carbocycles. The molecule has 6 aromatic carbocycles. The monoisotopic (exact) mass is 486 g/mol. The second-order valence-electron chi connectivity index (χ2n) is 9.92. The molecule has 0 atom stereocenters. The van der Waals surface area contributed by atoms with E-state index in [1.54, 1.807) is 12.4 Å². The van der Waals surface area contributed by atoms with Gasteiger partial charge in [0.1, 0.15) is 11.2 Å². The molecule has 0 spiro atoms. The number of hydrogen-bond acceptors (Lipinski definition) is 3. The normalized spacial score (nSPS) is 11.8. The lowest BCUT2D eigenvalue weighted by atomic mass is 9.93. The summed E-state index contributed by atoms with van der Waals surface area (Å²) in [6, 6.07) is 36.6. The van der Waals surface area contributed by atoms with E-state index in [0.29, 0.717) is 0 Å². The van der Waals surface area contributed by atoms with Crippen molar-refractivity contribution in [3.05, 3.63) is 121 Å². The lowest BCUT2D eigenvalue weighted by molar-refractivity contribution is 0.670. The number of para-hydroxylation sites is 2. The molecule has 0 N–H and O–H groups in total. The number of fused-ring (bicyclic) bond motifs is 9. The van der Waals surface area contributed by atoms with Crippen LogP contribution in [0.3, 0.4) is 0 Å². The Balaban J connectivity index is 1.35. The molecule has 2 aromatic heterocycles. The first-order chi connectivity index (χ1) is 18.7. The standard InChI is InChI=1S/C35H22N2O/c1-21-12-14-27-30(18-21)31-20-23(13-15-28(31)34-33(27)36-16-17-37-34)22-6-4-7-24(19-22)25-9-5-10-29-26-8-2-3-11-32(26)38-35(25)29/h2-20H,1H3. The number of furan rings is 1. The van der Waals surface area contributed by atoms with Crippen LogP contribution in [0.15, 0.2) is 120 Å². The van der Waals surface area contributed by atoms with Crippen LogP contribution in [-0.4, -0.2) is 9.97 Å². The maximum Gasteiger partial charge on any atom is 0.143 e. The fourth-order valence-electron chi connectivity index (χ4n) is 5.81. The molecule has 8 aromatic rings. The van der Waals surface area contributed by atoms with E-state index in [-0.39, 0.29) is 0 Å². The number of aromatic nitrogens is 2. The summed E-state index contributed by atoms with van der Waals surface area (Å²) in [5.41, 5.74) is 9.53. The molecule has 0 aliphatic rings. The van der Waals surface area contributed by atoms with Crippen LogP contribution in [0.25, 0.3) is 76.8 Å². The van der Waals surface area contributed by atoms with Gasteiger partial charge in [-0.15, -0.1) is 0 Å². The summed E-state index contributed by atoms with van der Waals surface area (Å²) in [7, 11) is 0. The summed E-state index contributed by atoms with van der Waals surface area (Å²) in [5.74, 6) is 0. The lowest BCUT2D eigenvalue weighted by Gasteiger charge is -2.12. The Morgan fingerprint density at radius 1 is 0.500 bits per heavy atom. The smallest absolute Gasteiger partial charge is 0.143 e. The molecular weight excluding hydrogens is 464 g/mol. The Kier molecular flexibility index (Phi) is 4.44. The van der Waals surface area contributed by atoms with Gasteiger partial charge >= 0.3 is 0 Å². The number of nitrogens with zero attached hydrogens (tertiary/aromatic N) is 2. The van der Waals surface area contributed by atoms with Gasteiger partial charge in [-0.05, 0) is 52.6 Å². The van der Waals surface area contributed by atoms with Crippen LogP contribution in [0.4, 0.5) is 0 Å². The van der Waals surface area contributed by atoms with Crippen molar-refractivity contribution in [1.29, 1.82) is 0 Å². The quantitative estimate of drug-likeness (QED) is 0.228. The molecule has 0 unspecified atom stereocenters. The minimum Gasteiger partial charge on any atom is -0.455 e. The van der Waals surface area contributed by atoms with E-state index in [0.717, 1.165) is 60.4 Å². The molecule has 3 heteroatoms. The summed E-state index contributed by atoms with van der Waals surface area (Å²) >= 11 is 0. The third-order valence-electron chi connectivity index (χ3n) is 7.60. The number of hydrogen-bond donors (Lipinski definition) is 0.